The van der Waals surface area contributed by atoms with Crippen LogP contribution < -0.4 is 10.6 Å². The summed E-state index contributed by atoms with van der Waals surface area (Å²) < 4.78 is 0. The lowest BCUT2D eigenvalue weighted by atomic mass is 9.92. The third-order valence-electron chi connectivity index (χ3n) is 4.90. The number of anilines is 1. The maximum absolute atomic E-state index is 12.4. The molecule has 3 heterocycles. The zero-order valence-corrected chi connectivity index (χ0v) is 15.0. The molecule has 3 atom stereocenters. The number of aromatic nitrogens is 1. The molecule has 2 N–H and O–H groups in total. The summed E-state index contributed by atoms with van der Waals surface area (Å²) in [5.41, 5.74) is 1.08. The van der Waals surface area contributed by atoms with Gasteiger partial charge in [0.2, 0.25) is 5.91 Å². The molecule has 1 aromatic rings. The first-order valence-electron chi connectivity index (χ1n) is 8.81. The number of thiazole rings is 1. The molecule has 0 bridgehead atoms. The van der Waals surface area contributed by atoms with E-state index in [2.05, 4.69) is 39.7 Å². The molecular weight excluding hydrogens is 308 g/mol. The van der Waals surface area contributed by atoms with Gasteiger partial charge in [0.05, 0.1) is 5.69 Å². The number of amides is 1. The second-order valence-corrected chi connectivity index (χ2v) is 8.05. The summed E-state index contributed by atoms with van der Waals surface area (Å²) in [6.07, 6.45) is 4.45. The smallest absolute Gasteiger partial charge is 0.229 e. The van der Waals surface area contributed by atoms with E-state index in [0.717, 1.165) is 55.8 Å². The fourth-order valence-electron chi connectivity index (χ4n) is 3.67. The molecule has 0 aliphatic carbocycles. The van der Waals surface area contributed by atoms with Crippen LogP contribution in [0.25, 0.3) is 0 Å². The Morgan fingerprint density at radius 1 is 1.48 bits per heavy atom. The molecule has 2 aliphatic heterocycles. The van der Waals surface area contributed by atoms with Crippen LogP contribution in [0, 0.1) is 11.8 Å². The molecule has 1 unspecified atom stereocenters. The monoisotopic (exact) mass is 336 g/mol. The fraction of sp³-hybridized carbons (Fsp3) is 0.765. The molecule has 0 saturated carbocycles. The summed E-state index contributed by atoms with van der Waals surface area (Å²) in [7, 11) is 0. The van der Waals surface area contributed by atoms with Gasteiger partial charge in [0, 0.05) is 30.4 Å². The molecule has 2 saturated heterocycles. The first-order valence-corrected chi connectivity index (χ1v) is 9.69. The Morgan fingerprint density at radius 2 is 2.35 bits per heavy atom. The molecule has 3 rings (SSSR count). The van der Waals surface area contributed by atoms with Crippen molar-refractivity contribution in [1.82, 2.24) is 15.2 Å². The number of piperidine rings is 2. The summed E-state index contributed by atoms with van der Waals surface area (Å²) in [6, 6.07) is 0.424. The van der Waals surface area contributed by atoms with Crippen molar-refractivity contribution >= 4 is 22.4 Å². The predicted molar refractivity (Wildman–Crippen MR) is 94.6 cm³/mol. The predicted octanol–water partition coefficient (Wildman–Crippen LogP) is 2.70. The Kier molecular flexibility index (Phi) is 5.67. The van der Waals surface area contributed by atoms with Crippen LogP contribution in [0.4, 0.5) is 5.13 Å². The topological polar surface area (TPSA) is 57.3 Å². The van der Waals surface area contributed by atoms with E-state index < -0.39 is 0 Å². The number of carbonyl (C=O) groups is 1. The van der Waals surface area contributed by atoms with Gasteiger partial charge >= 0.3 is 0 Å². The minimum atomic E-state index is 0.113. The van der Waals surface area contributed by atoms with E-state index in [1.54, 1.807) is 11.3 Å². The van der Waals surface area contributed by atoms with Gasteiger partial charge in [0.1, 0.15) is 0 Å². The van der Waals surface area contributed by atoms with Crippen molar-refractivity contribution in [2.24, 2.45) is 11.8 Å². The average Bonchev–Trinajstić information content (AvgIpc) is 2.94. The number of rotatable bonds is 4. The van der Waals surface area contributed by atoms with Gasteiger partial charge in [-0.15, -0.1) is 11.3 Å². The van der Waals surface area contributed by atoms with Crippen LogP contribution in [-0.4, -0.2) is 41.5 Å². The van der Waals surface area contributed by atoms with Crippen LogP contribution in [0.2, 0.25) is 0 Å². The van der Waals surface area contributed by atoms with Crippen LogP contribution >= 0.6 is 11.3 Å². The molecule has 0 radical (unpaired) electrons. The summed E-state index contributed by atoms with van der Waals surface area (Å²) in [5.74, 6) is 1.02. The SMILES string of the molecule is CC1CCCN(Cc2csc(NC(=O)[C@H]3CCN[C@@H](C)C3)n2)C1. The van der Waals surface area contributed by atoms with Crippen molar-refractivity contribution in [3.8, 4) is 0 Å². The quantitative estimate of drug-likeness (QED) is 0.888. The summed E-state index contributed by atoms with van der Waals surface area (Å²) in [4.78, 5) is 19.5. The Balaban J connectivity index is 1.51. The maximum Gasteiger partial charge on any atom is 0.229 e. The van der Waals surface area contributed by atoms with Crippen molar-refractivity contribution in [2.45, 2.75) is 52.1 Å². The molecule has 1 amide bonds. The Bertz CT molecular complexity index is 532. The highest BCUT2D eigenvalue weighted by atomic mass is 32.1. The van der Waals surface area contributed by atoms with Crippen LogP contribution in [0.3, 0.4) is 0 Å². The Hall–Kier alpha value is -0.980. The number of hydrogen-bond acceptors (Lipinski definition) is 5. The van der Waals surface area contributed by atoms with Crippen LogP contribution in [0.1, 0.15) is 45.2 Å². The minimum Gasteiger partial charge on any atom is -0.314 e. The fourth-order valence-corrected chi connectivity index (χ4v) is 4.38. The zero-order chi connectivity index (χ0) is 16.2. The van der Waals surface area contributed by atoms with Crippen molar-refractivity contribution in [2.75, 3.05) is 25.0 Å². The molecule has 6 heteroatoms. The average molecular weight is 337 g/mol. The first kappa shape index (κ1) is 16.9. The minimum absolute atomic E-state index is 0.113. The van der Waals surface area contributed by atoms with E-state index in [-0.39, 0.29) is 11.8 Å². The van der Waals surface area contributed by atoms with E-state index in [1.165, 1.54) is 12.8 Å². The number of nitrogens with zero attached hydrogens (tertiary/aromatic N) is 2. The lowest BCUT2D eigenvalue weighted by Crippen LogP contribution is -2.40. The number of hydrogen-bond donors (Lipinski definition) is 2. The van der Waals surface area contributed by atoms with Gasteiger partial charge in [0.15, 0.2) is 5.13 Å². The van der Waals surface area contributed by atoms with Gasteiger partial charge in [-0.05, 0) is 51.6 Å². The first-order chi connectivity index (χ1) is 11.1. The summed E-state index contributed by atoms with van der Waals surface area (Å²) >= 11 is 1.55. The number of nitrogens with one attached hydrogen (secondary N) is 2. The van der Waals surface area contributed by atoms with Gasteiger partial charge < -0.3 is 10.6 Å². The second-order valence-electron chi connectivity index (χ2n) is 7.19. The highest BCUT2D eigenvalue weighted by Crippen LogP contribution is 2.23. The lowest BCUT2D eigenvalue weighted by molar-refractivity contribution is -0.120. The van der Waals surface area contributed by atoms with E-state index in [1.807, 2.05) is 0 Å². The van der Waals surface area contributed by atoms with Crippen LogP contribution in [0.15, 0.2) is 5.38 Å². The van der Waals surface area contributed by atoms with E-state index in [0.29, 0.717) is 6.04 Å². The summed E-state index contributed by atoms with van der Waals surface area (Å²) in [5, 5.41) is 9.24. The van der Waals surface area contributed by atoms with E-state index in [4.69, 9.17) is 0 Å². The lowest BCUT2D eigenvalue weighted by Gasteiger charge is -2.30. The molecule has 0 aromatic carbocycles. The molecule has 1 aromatic heterocycles. The summed E-state index contributed by atoms with van der Waals surface area (Å²) in [6.45, 7) is 8.61. The van der Waals surface area contributed by atoms with Gasteiger partial charge in [-0.2, -0.15) is 0 Å². The van der Waals surface area contributed by atoms with Crippen molar-refractivity contribution in [3.63, 3.8) is 0 Å². The number of likely N-dealkylation sites (tertiary alicyclic amines) is 1. The molecule has 2 aliphatic rings. The number of carbonyl (C=O) groups excluding carboxylic acids is 1. The van der Waals surface area contributed by atoms with Gasteiger partial charge in [-0.25, -0.2) is 4.98 Å². The van der Waals surface area contributed by atoms with Gasteiger partial charge in [0.25, 0.3) is 0 Å². The van der Waals surface area contributed by atoms with Crippen LogP contribution in [0.5, 0.6) is 0 Å². The molecule has 23 heavy (non-hydrogen) atoms. The molecule has 128 valence electrons. The highest BCUT2D eigenvalue weighted by Gasteiger charge is 2.25. The largest absolute Gasteiger partial charge is 0.314 e. The maximum atomic E-state index is 12.4. The van der Waals surface area contributed by atoms with Crippen molar-refractivity contribution in [3.05, 3.63) is 11.1 Å². The Morgan fingerprint density at radius 3 is 3.13 bits per heavy atom. The standard InChI is InChI=1S/C17H28N4OS/c1-12-4-3-7-21(9-12)10-15-11-23-17(19-15)20-16(22)14-5-6-18-13(2)8-14/h11-14,18H,3-10H2,1-2H3,(H,19,20,22)/t12?,13-,14-/m0/s1. The van der Waals surface area contributed by atoms with Crippen molar-refractivity contribution < 1.29 is 4.79 Å². The van der Waals surface area contributed by atoms with Gasteiger partial charge in [-0.1, -0.05) is 6.92 Å². The molecule has 2 fully saturated rings. The normalized spacial score (nSPS) is 29.4. The van der Waals surface area contributed by atoms with E-state index in [9.17, 15) is 4.79 Å². The van der Waals surface area contributed by atoms with E-state index >= 15 is 0 Å². The molecule has 0 spiro atoms. The highest BCUT2D eigenvalue weighted by molar-refractivity contribution is 7.13. The third-order valence-corrected chi connectivity index (χ3v) is 5.71. The zero-order valence-electron chi connectivity index (χ0n) is 14.2. The van der Waals surface area contributed by atoms with Crippen molar-refractivity contribution in [1.29, 1.82) is 0 Å². The van der Waals surface area contributed by atoms with Gasteiger partial charge in [-0.3, -0.25) is 9.69 Å². The van der Waals surface area contributed by atoms with Crippen LogP contribution in [-0.2, 0) is 11.3 Å². The third kappa shape index (κ3) is 4.75. The molecular formula is C17H28N4OS. The Labute approximate surface area is 142 Å². The second kappa shape index (κ2) is 7.73. The molecule has 5 nitrogen and oxygen atoms in total.